The fourth-order valence-corrected chi connectivity index (χ4v) is 2.87. The molecule has 0 aromatic heterocycles. The maximum Gasteiger partial charge on any atom is 0.123 e. The van der Waals surface area contributed by atoms with Crippen LogP contribution in [0.2, 0.25) is 0 Å². The molecule has 1 aromatic carbocycles. The van der Waals surface area contributed by atoms with Gasteiger partial charge in [0.2, 0.25) is 0 Å². The Labute approximate surface area is 120 Å². The van der Waals surface area contributed by atoms with E-state index in [9.17, 15) is 4.39 Å². The van der Waals surface area contributed by atoms with Crippen LogP contribution < -0.4 is 4.90 Å². The van der Waals surface area contributed by atoms with Crippen molar-refractivity contribution < 1.29 is 4.39 Å². The number of benzene rings is 1. The maximum atomic E-state index is 13.2. The third kappa shape index (κ3) is 3.83. The van der Waals surface area contributed by atoms with E-state index < -0.39 is 0 Å². The molecule has 0 N–H and O–H groups in total. The molecular weight excluding hydrogens is 263 g/mol. The van der Waals surface area contributed by atoms with Crippen LogP contribution in [0.4, 0.5) is 10.1 Å². The summed E-state index contributed by atoms with van der Waals surface area (Å²) in [7, 11) is 0. The van der Waals surface area contributed by atoms with Crippen molar-refractivity contribution in [1.29, 1.82) is 0 Å². The number of piperazine rings is 1. The summed E-state index contributed by atoms with van der Waals surface area (Å²) in [6, 6.07) is 4.92. The minimum absolute atomic E-state index is 0.210. The van der Waals surface area contributed by atoms with Gasteiger partial charge in [0.05, 0.1) is 0 Å². The molecule has 106 valence electrons. The number of hydrogen-bond donors (Lipinski definition) is 0. The molecule has 0 atom stereocenters. The van der Waals surface area contributed by atoms with E-state index in [1.54, 1.807) is 6.07 Å². The lowest BCUT2D eigenvalue weighted by molar-refractivity contribution is 0.231. The van der Waals surface area contributed by atoms with E-state index in [2.05, 4.69) is 23.6 Å². The van der Waals surface area contributed by atoms with Gasteiger partial charge in [-0.25, -0.2) is 4.39 Å². The van der Waals surface area contributed by atoms with Crippen LogP contribution in [0, 0.1) is 11.7 Å². The van der Waals surface area contributed by atoms with Gasteiger partial charge in [-0.2, -0.15) is 0 Å². The van der Waals surface area contributed by atoms with E-state index in [1.165, 1.54) is 6.07 Å². The molecule has 0 radical (unpaired) electrons. The third-order valence-electron chi connectivity index (χ3n) is 3.52. The van der Waals surface area contributed by atoms with Crippen molar-refractivity contribution >= 4 is 17.3 Å². The molecule has 1 aromatic rings. The molecule has 1 aliphatic rings. The summed E-state index contributed by atoms with van der Waals surface area (Å²) < 4.78 is 13.2. The largest absolute Gasteiger partial charge is 0.369 e. The van der Waals surface area contributed by atoms with Crippen molar-refractivity contribution in [3.8, 4) is 0 Å². The van der Waals surface area contributed by atoms with Gasteiger partial charge in [0, 0.05) is 44.3 Å². The number of hydrogen-bond acceptors (Lipinski definition) is 2. The Morgan fingerprint density at radius 1 is 1.21 bits per heavy atom. The summed E-state index contributed by atoms with van der Waals surface area (Å²) in [6.45, 7) is 9.76. The van der Waals surface area contributed by atoms with Gasteiger partial charge in [0.1, 0.15) is 5.82 Å². The molecule has 2 rings (SSSR count). The second-order valence-electron chi connectivity index (χ2n) is 5.59. The molecule has 0 spiro atoms. The lowest BCUT2D eigenvalue weighted by Crippen LogP contribution is -2.47. The quantitative estimate of drug-likeness (QED) is 0.783. The van der Waals surface area contributed by atoms with Crippen LogP contribution in [-0.4, -0.2) is 37.6 Å². The summed E-state index contributed by atoms with van der Waals surface area (Å²) in [4.78, 5) is 4.80. The molecule has 4 heteroatoms. The van der Waals surface area contributed by atoms with Crippen LogP contribution in [0.1, 0.15) is 19.4 Å². The Balaban J connectivity index is 2.01. The molecular formula is C15H22ClFN2. The Morgan fingerprint density at radius 3 is 2.47 bits per heavy atom. The van der Waals surface area contributed by atoms with Gasteiger partial charge in [-0.3, -0.25) is 4.90 Å². The highest BCUT2D eigenvalue weighted by Gasteiger charge is 2.19. The Bertz CT molecular complexity index is 415. The predicted octanol–water partition coefficient (Wildman–Crippen LogP) is 3.34. The van der Waals surface area contributed by atoms with Crippen LogP contribution in [-0.2, 0) is 5.88 Å². The monoisotopic (exact) mass is 284 g/mol. The summed E-state index contributed by atoms with van der Waals surface area (Å²) in [5.41, 5.74) is 1.97. The highest BCUT2D eigenvalue weighted by molar-refractivity contribution is 6.17. The van der Waals surface area contributed by atoms with Crippen molar-refractivity contribution in [2.24, 2.45) is 5.92 Å². The number of rotatable bonds is 4. The summed E-state index contributed by atoms with van der Waals surface area (Å²) >= 11 is 5.92. The minimum atomic E-state index is -0.210. The smallest absolute Gasteiger partial charge is 0.123 e. The highest BCUT2D eigenvalue weighted by Crippen LogP contribution is 2.24. The Morgan fingerprint density at radius 2 is 1.89 bits per heavy atom. The van der Waals surface area contributed by atoms with Crippen LogP contribution in [0.15, 0.2) is 18.2 Å². The van der Waals surface area contributed by atoms with E-state index in [-0.39, 0.29) is 5.82 Å². The molecule has 0 bridgehead atoms. The summed E-state index contributed by atoms with van der Waals surface area (Å²) in [6.07, 6.45) is 0. The summed E-state index contributed by atoms with van der Waals surface area (Å²) in [5, 5.41) is 0. The zero-order valence-electron chi connectivity index (χ0n) is 11.7. The zero-order chi connectivity index (χ0) is 13.8. The van der Waals surface area contributed by atoms with Crippen LogP contribution >= 0.6 is 11.6 Å². The second kappa shape index (κ2) is 6.58. The predicted molar refractivity (Wildman–Crippen MR) is 79.4 cm³/mol. The van der Waals surface area contributed by atoms with Gasteiger partial charge in [-0.1, -0.05) is 13.8 Å². The third-order valence-corrected chi connectivity index (χ3v) is 3.81. The molecule has 0 amide bonds. The molecule has 0 saturated carbocycles. The molecule has 0 unspecified atom stereocenters. The number of nitrogens with zero attached hydrogens (tertiary/aromatic N) is 2. The fourth-order valence-electron chi connectivity index (χ4n) is 2.66. The van der Waals surface area contributed by atoms with Crippen molar-refractivity contribution in [1.82, 2.24) is 4.90 Å². The van der Waals surface area contributed by atoms with Gasteiger partial charge >= 0.3 is 0 Å². The van der Waals surface area contributed by atoms with Gasteiger partial charge in [-0.15, -0.1) is 11.6 Å². The van der Waals surface area contributed by atoms with Crippen molar-refractivity contribution in [2.45, 2.75) is 19.7 Å². The van der Waals surface area contributed by atoms with Crippen LogP contribution in [0.5, 0.6) is 0 Å². The molecule has 0 aliphatic carbocycles. The molecule has 1 heterocycles. The molecule has 1 aliphatic heterocycles. The van der Waals surface area contributed by atoms with Crippen molar-refractivity contribution in [3.63, 3.8) is 0 Å². The normalized spacial score (nSPS) is 17.2. The average molecular weight is 285 g/mol. The van der Waals surface area contributed by atoms with Crippen LogP contribution in [0.25, 0.3) is 0 Å². The van der Waals surface area contributed by atoms with Gasteiger partial charge < -0.3 is 4.90 Å². The second-order valence-corrected chi connectivity index (χ2v) is 5.86. The van der Waals surface area contributed by atoms with Gasteiger partial charge in [0.15, 0.2) is 0 Å². The lowest BCUT2D eigenvalue weighted by atomic mass is 10.1. The van der Waals surface area contributed by atoms with E-state index in [4.69, 9.17) is 11.6 Å². The van der Waals surface area contributed by atoms with Gasteiger partial charge in [-0.05, 0) is 29.7 Å². The van der Waals surface area contributed by atoms with E-state index >= 15 is 0 Å². The first-order valence-electron chi connectivity index (χ1n) is 6.92. The highest BCUT2D eigenvalue weighted by atomic mass is 35.5. The first kappa shape index (κ1) is 14.6. The molecule has 2 nitrogen and oxygen atoms in total. The lowest BCUT2D eigenvalue weighted by Gasteiger charge is -2.37. The Hall–Kier alpha value is -0.800. The van der Waals surface area contributed by atoms with Gasteiger partial charge in [0.25, 0.3) is 0 Å². The van der Waals surface area contributed by atoms with Crippen molar-refractivity contribution in [3.05, 3.63) is 29.6 Å². The topological polar surface area (TPSA) is 6.48 Å². The Kier molecular flexibility index (Phi) is 5.06. The minimum Gasteiger partial charge on any atom is -0.369 e. The standard InChI is InChI=1S/C15H22ClFN2/c1-12(2)11-18-5-7-19(8-6-18)15-4-3-14(17)9-13(15)10-16/h3-4,9,12H,5-8,10-11H2,1-2H3. The van der Waals surface area contributed by atoms with E-state index in [0.717, 1.165) is 44.0 Å². The zero-order valence-corrected chi connectivity index (χ0v) is 12.5. The summed E-state index contributed by atoms with van der Waals surface area (Å²) in [5.74, 6) is 0.855. The molecule has 19 heavy (non-hydrogen) atoms. The first-order chi connectivity index (χ1) is 9.10. The van der Waals surface area contributed by atoms with E-state index in [0.29, 0.717) is 11.8 Å². The van der Waals surface area contributed by atoms with E-state index in [1.807, 2.05) is 6.07 Å². The number of halogens is 2. The van der Waals surface area contributed by atoms with Crippen molar-refractivity contribution in [2.75, 3.05) is 37.6 Å². The molecule has 1 saturated heterocycles. The average Bonchev–Trinajstić information content (AvgIpc) is 2.39. The van der Waals surface area contributed by atoms with Crippen LogP contribution in [0.3, 0.4) is 0 Å². The number of alkyl halides is 1. The SMILES string of the molecule is CC(C)CN1CCN(c2ccc(F)cc2CCl)CC1. The number of anilines is 1. The maximum absolute atomic E-state index is 13.2. The first-order valence-corrected chi connectivity index (χ1v) is 7.45. The molecule has 1 fully saturated rings. The fraction of sp³-hybridized carbons (Fsp3) is 0.600.